The van der Waals surface area contributed by atoms with Crippen LogP contribution in [0.1, 0.15) is 31.9 Å². The molecular weight excluding hydrogens is 364 g/mol. The third-order valence-corrected chi connectivity index (χ3v) is 5.85. The van der Waals surface area contributed by atoms with Crippen LogP contribution in [-0.2, 0) is 19.1 Å². The van der Waals surface area contributed by atoms with Crippen molar-refractivity contribution in [1.82, 2.24) is 10.2 Å². The highest BCUT2D eigenvalue weighted by Gasteiger charge is 2.67. The molecule has 28 heavy (non-hydrogen) atoms. The average molecular weight is 390 g/mol. The molecule has 0 aliphatic carbocycles. The van der Waals surface area contributed by atoms with Gasteiger partial charge in [0.25, 0.3) is 0 Å². The van der Waals surface area contributed by atoms with Crippen LogP contribution >= 0.6 is 0 Å². The van der Waals surface area contributed by atoms with Crippen LogP contribution in [0.5, 0.6) is 11.5 Å². The first-order valence-corrected chi connectivity index (χ1v) is 9.34. The van der Waals surface area contributed by atoms with Gasteiger partial charge in [-0.1, -0.05) is 13.0 Å². The van der Waals surface area contributed by atoms with Crippen LogP contribution in [0.15, 0.2) is 18.2 Å². The molecule has 152 valence electrons. The van der Waals surface area contributed by atoms with E-state index in [0.29, 0.717) is 23.5 Å². The lowest BCUT2D eigenvalue weighted by atomic mass is 9.78. The van der Waals surface area contributed by atoms with E-state index in [2.05, 4.69) is 5.32 Å². The Kier molecular flexibility index (Phi) is 5.34. The summed E-state index contributed by atoms with van der Waals surface area (Å²) in [5, 5.41) is 3.29. The first-order valence-electron chi connectivity index (χ1n) is 9.34. The molecule has 0 radical (unpaired) electrons. The highest BCUT2D eigenvalue weighted by molar-refractivity contribution is 6.09. The summed E-state index contributed by atoms with van der Waals surface area (Å²) < 4.78 is 16.0. The fourth-order valence-electron chi connectivity index (χ4n) is 4.41. The van der Waals surface area contributed by atoms with Crippen molar-refractivity contribution in [2.45, 2.75) is 31.8 Å². The standard InChI is InChI=1S/C20H26N2O6/c1-6-20(19(25)28-7-2)15-14(17(23)22(3)18(15)24)16(21-20)12-9-8-11(26-4)10-13(12)27-5/h8-10,14-16,21H,6-7H2,1-5H3/t14-,15+,16-,20-/m1/s1. The molecule has 2 aliphatic heterocycles. The second-order valence-electron chi connectivity index (χ2n) is 7.01. The molecule has 2 saturated heterocycles. The van der Waals surface area contributed by atoms with Gasteiger partial charge in [0.2, 0.25) is 11.8 Å². The number of benzene rings is 1. The zero-order valence-corrected chi connectivity index (χ0v) is 16.8. The summed E-state index contributed by atoms with van der Waals surface area (Å²) in [5.74, 6) is -1.62. The Hall–Kier alpha value is -2.61. The zero-order chi connectivity index (χ0) is 20.6. The molecule has 4 atom stereocenters. The number of rotatable bonds is 6. The van der Waals surface area contributed by atoms with Gasteiger partial charge in [-0.2, -0.15) is 0 Å². The number of likely N-dealkylation sites (tertiary alicyclic amines) is 1. The van der Waals surface area contributed by atoms with Crippen molar-refractivity contribution < 1.29 is 28.6 Å². The number of ether oxygens (including phenoxy) is 3. The molecule has 8 heteroatoms. The molecule has 1 aromatic carbocycles. The van der Waals surface area contributed by atoms with Gasteiger partial charge in [0.1, 0.15) is 17.0 Å². The summed E-state index contributed by atoms with van der Waals surface area (Å²) in [4.78, 5) is 39.9. The molecule has 8 nitrogen and oxygen atoms in total. The van der Waals surface area contributed by atoms with E-state index in [0.717, 1.165) is 4.90 Å². The average Bonchev–Trinajstić information content (AvgIpc) is 3.17. The van der Waals surface area contributed by atoms with Crippen molar-refractivity contribution in [3.05, 3.63) is 23.8 Å². The molecule has 0 aromatic heterocycles. The number of fused-ring (bicyclic) bond motifs is 1. The number of amides is 2. The second kappa shape index (κ2) is 7.43. The van der Waals surface area contributed by atoms with E-state index in [9.17, 15) is 14.4 Å². The van der Waals surface area contributed by atoms with Crippen LogP contribution in [0.2, 0.25) is 0 Å². The minimum atomic E-state index is -1.27. The summed E-state index contributed by atoms with van der Waals surface area (Å²) in [7, 11) is 4.53. The second-order valence-corrected chi connectivity index (χ2v) is 7.01. The van der Waals surface area contributed by atoms with E-state index in [4.69, 9.17) is 14.2 Å². The van der Waals surface area contributed by atoms with Gasteiger partial charge in [-0.15, -0.1) is 0 Å². The maximum atomic E-state index is 12.9. The third kappa shape index (κ3) is 2.74. The van der Waals surface area contributed by atoms with Crippen molar-refractivity contribution in [3.63, 3.8) is 0 Å². The van der Waals surface area contributed by atoms with Gasteiger partial charge in [-0.3, -0.25) is 24.6 Å². The fourth-order valence-corrected chi connectivity index (χ4v) is 4.41. The van der Waals surface area contributed by atoms with E-state index in [-0.39, 0.29) is 18.4 Å². The van der Waals surface area contributed by atoms with Crippen molar-refractivity contribution in [2.75, 3.05) is 27.9 Å². The molecule has 3 rings (SSSR count). The zero-order valence-electron chi connectivity index (χ0n) is 16.8. The van der Waals surface area contributed by atoms with Gasteiger partial charge < -0.3 is 14.2 Å². The molecule has 0 bridgehead atoms. The summed E-state index contributed by atoms with van der Waals surface area (Å²) in [6.45, 7) is 3.71. The predicted octanol–water partition coefficient (Wildman–Crippen LogP) is 1.29. The Morgan fingerprint density at radius 1 is 1.18 bits per heavy atom. The maximum Gasteiger partial charge on any atom is 0.327 e. The number of carbonyl (C=O) groups is 3. The molecule has 2 fully saturated rings. The number of nitrogens with one attached hydrogen (secondary N) is 1. The number of nitrogens with zero attached hydrogens (tertiary/aromatic N) is 1. The van der Waals surface area contributed by atoms with Crippen molar-refractivity contribution >= 4 is 17.8 Å². The minimum absolute atomic E-state index is 0.189. The Morgan fingerprint density at radius 2 is 1.89 bits per heavy atom. The highest BCUT2D eigenvalue weighted by Crippen LogP contribution is 2.51. The first kappa shape index (κ1) is 20.1. The number of esters is 1. The van der Waals surface area contributed by atoms with Gasteiger partial charge >= 0.3 is 5.97 Å². The topological polar surface area (TPSA) is 94.2 Å². The van der Waals surface area contributed by atoms with Gasteiger partial charge in [-0.05, 0) is 19.4 Å². The SMILES string of the molecule is CCOC(=O)[C@]1(CC)N[C@H](c2ccc(OC)cc2OC)[C@@H]2C(=O)N(C)C(=O)[C@H]21. The van der Waals surface area contributed by atoms with Gasteiger partial charge in [0.05, 0.1) is 32.7 Å². The van der Waals surface area contributed by atoms with E-state index >= 15 is 0 Å². The molecule has 0 saturated carbocycles. The monoisotopic (exact) mass is 390 g/mol. The fraction of sp³-hybridized carbons (Fsp3) is 0.550. The molecule has 1 N–H and O–H groups in total. The third-order valence-electron chi connectivity index (χ3n) is 5.85. The summed E-state index contributed by atoms with van der Waals surface area (Å²) in [6.07, 6.45) is 0.314. The molecule has 2 aliphatic rings. The van der Waals surface area contributed by atoms with Crippen LogP contribution in [0.25, 0.3) is 0 Å². The van der Waals surface area contributed by atoms with Crippen molar-refractivity contribution in [1.29, 1.82) is 0 Å². The first-order chi connectivity index (χ1) is 13.4. The number of hydrogen-bond acceptors (Lipinski definition) is 7. The Morgan fingerprint density at radius 3 is 2.46 bits per heavy atom. The summed E-state index contributed by atoms with van der Waals surface area (Å²) in [5.41, 5.74) is -0.581. The van der Waals surface area contributed by atoms with Gasteiger partial charge in [-0.25, -0.2) is 0 Å². The molecule has 2 heterocycles. The largest absolute Gasteiger partial charge is 0.497 e. The number of hydrogen-bond donors (Lipinski definition) is 1. The van der Waals surface area contributed by atoms with Crippen molar-refractivity contribution in [3.8, 4) is 11.5 Å². The van der Waals surface area contributed by atoms with Crippen LogP contribution in [0.4, 0.5) is 0 Å². The lowest BCUT2D eigenvalue weighted by Gasteiger charge is -2.31. The van der Waals surface area contributed by atoms with E-state index in [1.807, 2.05) is 6.92 Å². The number of imide groups is 1. The summed E-state index contributed by atoms with van der Waals surface area (Å²) >= 11 is 0. The Bertz CT molecular complexity index is 810. The quantitative estimate of drug-likeness (QED) is 0.578. The van der Waals surface area contributed by atoms with E-state index < -0.39 is 29.4 Å². The molecule has 0 spiro atoms. The smallest absolute Gasteiger partial charge is 0.327 e. The maximum absolute atomic E-state index is 12.9. The lowest BCUT2D eigenvalue weighted by Crippen LogP contribution is -2.55. The Balaban J connectivity index is 2.15. The normalized spacial score (nSPS) is 29.0. The Labute approximate surface area is 164 Å². The van der Waals surface area contributed by atoms with E-state index in [1.54, 1.807) is 32.2 Å². The van der Waals surface area contributed by atoms with E-state index in [1.165, 1.54) is 14.2 Å². The summed E-state index contributed by atoms with van der Waals surface area (Å²) in [6, 6.07) is 4.69. The minimum Gasteiger partial charge on any atom is -0.497 e. The van der Waals surface area contributed by atoms with Crippen LogP contribution in [-0.4, -0.2) is 56.1 Å². The number of methoxy groups -OCH3 is 2. The predicted molar refractivity (Wildman–Crippen MR) is 99.8 cm³/mol. The van der Waals surface area contributed by atoms with Crippen LogP contribution in [0, 0.1) is 11.8 Å². The van der Waals surface area contributed by atoms with Crippen molar-refractivity contribution in [2.24, 2.45) is 11.8 Å². The van der Waals surface area contributed by atoms with Crippen LogP contribution < -0.4 is 14.8 Å². The molecule has 2 amide bonds. The molecular formula is C20H26N2O6. The number of carbonyl (C=O) groups excluding carboxylic acids is 3. The molecule has 0 unspecified atom stereocenters. The van der Waals surface area contributed by atoms with Gasteiger partial charge in [0.15, 0.2) is 0 Å². The van der Waals surface area contributed by atoms with Crippen LogP contribution in [0.3, 0.4) is 0 Å². The lowest BCUT2D eigenvalue weighted by molar-refractivity contribution is -0.156. The van der Waals surface area contributed by atoms with Gasteiger partial charge in [0, 0.05) is 24.7 Å². The highest BCUT2D eigenvalue weighted by atomic mass is 16.5. The molecule has 1 aromatic rings.